The Morgan fingerprint density at radius 3 is 2.09 bits per heavy atom. The zero-order chi connectivity index (χ0) is 24.0. The number of hydrogen-bond acceptors (Lipinski definition) is 3. The highest BCUT2D eigenvalue weighted by Crippen LogP contribution is 2.23. The van der Waals surface area contributed by atoms with E-state index in [-0.39, 0.29) is 29.8 Å². The summed E-state index contributed by atoms with van der Waals surface area (Å²) in [6.07, 6.45) is 1.60. The number of amides is 2. The molecule has 3 rings (SSSR count). The molecule has 2 aromatic carbocycles. The maximum Gasteiger partial charge on any atom is 0.254 e. The van der Waals surface area contributed by atoms with Crippen LogP contribution in [0.4, 0.5) is 0 Å². The van der Waals surface area contributed by atoms with Crippen molar-refractivity contribution in [1.29, 1.82) is 0 Å². The number of carbonyl (C=O) groups excluding carboxylic acids is 2. The van der Waals surface area contributed by atoms with Crippen molar-refractivity contribution in [2.75, 3.05) is 6.54 Å². The van der Waals surface area contributed by atoms with E-state index in [4.69, 9.17) is 4.42 Å². The first-order valence-electron chi connectivity index (χ1n) is 11.4. The van der Waals surface area contributed by atoms with Crippen LogP contribution in [0.1, 0.15) is 61.9 Å². The summed E-state index contributed by atoms with van der Waals surface area (Å²) in [5.41, 5.74) is 2.79. The maximum atomic E-state index is 13.4. The van der Waals surface area contributed by atoms with E-state index in [0.29, 0.717) is 24.4 Å². The van der Waals surface area contributed by atoms with E-state index >= 15 is 0 Å². The van der Waals surface area contributed by atoms with Crippen LogP contribution in [0, 0.1) is 0 Å². The molecule has 0 radical (unpaired) electrons. The first-order valence-corrected chi connectivity index (χ1v) is 11.4. The van der Waals surface area contributed by atoms with Crippen LogP contribution >= 0.6 is 0 Å². The second-order valence-corrected chi connectivity index (χ2v) is 9.67. The van der Waals surface area contributed by atoms with Crippen LogP contribution in [0.3, 0.4) is 0 Å². The number of benzene rings is 2. The smallest absolute Gasteiger partial charge is 0.254 e. The fourth-order valence-corrected chi connectivity index (χ4v) is 3.64. The van der Waals surface area contributed by atoms with Gasteiger partial charge < -0.3 is 14.2 Å². The van der Waals surface area contributed by atoms with Crippen molar-refractivity contribution < 1.29 is 14.0 Å². The topological polar surface area (TPSA) is 53.8 Å². The molecule has 0 saturated heterocycles. The zero-order valence-electron chi connectivity index (χ0n) is 20.2. The van der Waals surface area contributed by atoms with Crippen molar-refractivity contribution >= 4 is 11.8 Å². The van der Waals surface area contributed by atoms with Gasteiger partial charge in [0.15, 0.2) is 0 Å². The minimum Gasteiger partial charge on any atom is -0.467 e. The van der Waals surface area contributed by atoms with Gasteiger partial charge in [0.05, 0.1) is 12.8 Å². The molecule has 0 atom stereocenters. The van der Waals surface area contributed by atoms with Crippen molar-refractivity contribution in [3.8, 4) is 0 Å². The van der Waals surface area contributed by atoms with Gasteiger partial charge >= 0.3 is 0 Å². The van der Waals surface area contributed by atoms with Gasteiger partial charge in [0.25, 0.3) is 5.91 Å². The van der Waals surface area contributed by atoms with Crippen molar-refractivity contribution in [2.24, 2.45) is 0 Å². The summed E-state index contributed by atoms with van der Waals surface area (Å²) in [5, 5.41) is 0. The third-order valence-corrected chi connectivity index (χ3v) is 5.68. The molecule has 2 amide bonds. The molecule has 0 bridgehead atoms. The number of hydrogen-bond donors (Lipinski definition) is 0. The van der Waals surface area contributed by atoms with Gasteiger partial charge in [-0.1, -0.05) is 63.2 Å². The Kier molecular flexibility index (Phi) is 7.75. The van der Waals surface area contributed by atoms with Crippen LogP contribution in [0.5, 0.6) is 0 Å². The van der Waals surface area contributed by atoms with Gasteiger partial charge in [-0.15, -0.1) is 0 Å². The lowest BCUT2D eigenvalue weighted by Crippen LogP contribution is -2.45. The summed E-state index contributed by atoms with van der Waals surface area (Å²) < 4.78 is 5.49. The average molecular weight is 447 g/mol. The molecule has 33 heavy (non-hydrogen) atoms. The minimum absolute atomic E-state index is 0.00502. The number of carbonyl (C=O) groups is 2. The van der Waals surface area contributed by atoms with Crippen LogP contribution in [-0.4, -0.2) is 34.2 Å². The third kappa shape index (κ3) is 6.58. The van der Waals surface area contributed by atoms with Crippen LogP contribution < -0.4 is 0 Å². The van der Waals surface area contributed by atoms with Gasteiger partial charge in [0, 0.05) is 18.2 Å². The first-order chi connectivity index (χ1) is 15.6. The lowest BCUT2D eigenvalue weighted by Gasteiger charge is -2.30. The Bertz CT molecular complexity index is 1030. The summed E-state index contributed by atoms with van der Waals surface area (Å²) in [6.45, 7) is 11.1. The normalized spacial score (nSPS) is 11.5. The van der Waals surface area contributed by atoms with Crippen LogP contribution in [0.25, 0.3) is 0 Å². The molecule has 0 aliphatic rings. The molecule has 5 nitrogen and oxygen atoms in total. The standard InChI is InChI=1S/C28H34N2O3/c1-21(2)30(27(32)23-13-15-24(16-14-23)28(3,4)5)20-26(31)29(19-25-12-9-17-33-25)18-22-10-7-6-8-11-22/h6-17,21H,18-20H2,1-5H3. The van der Waals surface area contributed by atoms with Crippen molar-refractivity contribution in [2.45, 2.75) is 59.2 Å². The Balaban J connectivity index is 1.79. The first kappa shape index (κ1) is 24.3. The highest BCUT2D eigenvalue weighted by atomic mass is 16.3. The molecule has 0 saturated carbocycles. The van der Waals surface area contributed by atoms with Crippen molar-refractivity contribution in [3.05, 3.63) is 95.4 Å². The van der Waals surface area contributed by atoms with Gasteiger partial charge in [0.1, 0.15) is 12.3 Å². The number of nitrogens with zero attached hydrogens (tertiary/aromatic N) is 2. The fourth-order valence-electron chi connectivity index (χ4n) is 3.64. The third-order valence-electron chi connectivity index (χ3n) is 5.68. The van der Waals surface area contributed by atoms with Gasteiger partial charge in [-0.3, -0.25) is 9.59 Å². The summed E-state index contributed by atoms with van der Waals surface area (Å²) in [7, 11) is 0. The summed E-state index contributed by atoms with van der Waals surface area (Å²) >= 11 is 0. The van der Waals surface area contributed by atoms with Crippen LogP contribution in [0.2, 0.25) is 0 Å². The maximum absolute atomic E-state index is 13.4. The van der Waals surface area contributed by atoms with E-state index in [9.17, 15) is 9.59 Å². The molecule has 0 N–H and O–H groups in total. The van der Waals surface area contributed by atoms with E-state index in [1.165, 1.54) is 5.56 Å². The van der Waals surface area contributed by atoms with Crippen molar-refractivity contribution in [3.63, 3.8) is 0 Å². The Labute approximate surface area is 197 Å². The van der Waals surface area contributed by atoms with Crippen molar-refractivity contribution in [1.82, 2.24) is 9.80 Å². The molecule has 3 aromatic rings. The largest absolute Gasteiger partial charge is 0.467 e. The molecule has 0 aliphatic heterocycles. The zero-order valence-corrected chi connectivity index (χ0v) is 20.2. The van der Waals surface area contributed by atoms with E-state index < -0.39 is 0 Å². The predicted octanol–water partition coefficient (Wildman–Crippen LogP) is 5.66. The average Bonchev–Trinajstić information content (AvgIpc) is 3.29. The molecular weight excluding hydrogens is 412 g/mol. The molecular formula is C28H34N2O3. The summed E-state index contributed by atoms with van der Waals surface area (Å²) in [4.78, 5) is 30.1. The molecule has 0 unspecified atom stereocenters. The minimum atomic E-state index is -0.142. The Morgan fingerprint density at radius 1 is 0.879 bits per heavy atom. The van der Waals surface area contributed by atoms with Crippen LogP contribution in [0.15, 0.2) is 77.4 Å². The highest BCUT2D eigenvalue weighted by Gasteiger charge is 2.25. The monoisotopic (exact) mass is 446 g/mol. The SMILES string of the molecule is CC(C)N(CC(=O)N(Cc1ccccc1)Cc1ccco1)C(=O)c1ccc(C(C)(C)C)cc1. The van der Waals surface area contributed by atoms with Gasteiger partial charge in [0.2, 0.25) is 5.91 Å². The molecule has 174 valence electrons. The van der Waals surface area contributed by atoms with E-state index in [1.807, 2.05) is 80.6 Å². The fraction of sp³-hybridized carbons (Fsp3) is 0.357. The Hall–Kier alpha value is -3.34. The number of rotatable bonds is 8. The molecule has 0 fully saturated rings. The van der Waals surface area contributed by atoms with E-state index in [1.54, 1.807) is 16.1 Å². The molecule has 0 spiro atoms. The van der Waals surface area contributed by atoms with Gasteiger partial charge in [-0.2, -0.15) is 0 Å². The van der Waals surface area contributed by atoms with Crippen LogP contribution in [-0.2, 0) is 23.3 Å². The lowest BCUT2D eigenvalue weighted by atomic mass is 9.86. The summed E-state index contributed by atoms with van der Waals surface area (Å²) in [6, 6.07) is 21.1. The lowest BCUT2D eigenvalue weighted by molar-refractivity contribution is -0.133. The van der Waals surface area contributed by atoms with Gasteiger partial charge in [-0.25, -0.2) is 0 Å². The summed E-state index contributed by atoms with van der Waals surface area (Å²) in [5.74, 6) is 0.444. The second-order valence-electron chi connectivity index (χ2n) is 9.67. The Morgan fingerprint density at radius 2 is 1.55 bits per heavy atom. The molecule has 1 heterocycles. The molecule has 5 heteroatoms. The number of furan rings is 1. The quantitative estimate of drug-likeness (QED) is 0.449. The molecule has 0 aliphatic carbocycles. The molecule has 1 aromatic heterocycles. The predicted molar refractivity (Wildman–Crippen MR) is 131 cm³/mol. The second kappa shape index (κ2) is 10.5. The van der Waals surface area contributed by atoms with E-state index in [2.05, 4.69) is 20.8 Å². The van der Waals surface area contributed by atoms with Gasteiger partial charge in [-0.05, 0) is 54.7 Å². The highest BCUT2D eigenvalue weighted by molar-refractivity contribution is 5.96. The van der Waals surface area contributed by atoms with E-state index in [0.717, 1.165) is 5.56 Å².